The van der Waals surface area contributed by atoms with E-state index >= 15 is 0 Å². The largest absolute Gasteiger partial charge is 0.347 e. The van der Waals surface area contributed by atoms with E-state index in [0.717, 1.165) is 18.8 Å². The fourth-order valence-corrected chi connectivity index (χ4v) is 2.53. The molecule has 2 aromatic rings. The van der Waals surface area contributed by atoms with Gasteiger partial charge < -0.3 is 9.88 Å². The van der Waals surface area contributed by atoms with Crippen molar-refractivity contribution in [3.63, 3.8) is 0 Å². The summed E-state index contributed by atoms with van der Waals surface area (Å²) in [6.45, 7) is 1.94. The fourth-order valence-electron chi connectivity index (χ4n) is 2.53. The van der Waals surface area contributed by atoms with Crippen molar-refractivity contribution < 1.29 is 4.79 Å². The Labute approximate surface area is 112 Å². The van der Waals surface area contributed by atoms with Gasteiger partial charge in [0.25, 0.3) is 5.91 Å². The van der Waals surface area contributed by atoms with Crippen molar-refractivity contribution in [1.29, 1.82) is 0 Å². The Morgan fingerprint density at radius 3 is 2.68 bits per heavy atom. The first-order valence-electron chi connectivity index (χ1n) is 6.36. The van der Waals surface area contributed by atoms with Crippen molar-refractivity contribution in [3.8, 4) is 0 Å². The van der Waals surface area contributed by atoms with Crippen molar-refractivity contribution in [1.82, 2.24) is 9.47 Å². The molecule has 1 aliphatic rings. The van der Waals surface area contributed by atoms with E-state index in [1.165, 1.54) is 11.1 Å². The Kier molecular flexibility index (Phi) is 2.87. The van der Waals surface area contributed by atoms with Crippen LogP contribution in [0.25, 0.3) is 0 Å². The van der Waals surface area contributed by atoms with Crippen LogP contribution in [0.5, 0.6) is 0 Å². The molecule has 2 heterocycles. The lowest BCUT2D eigenvalue weighted by Crippen LogP contribution is -2.15. The number of amides is 1. The average Bonchev–Trinajstić information content (AvgIpc) is 2.93. The highest BCUT2D eigenvalue weighted by Crippen LogP contribution is 2.24. The zero-order valence-electron chi connectivity index (χ0n) is 11.2. The molecule has 0 unspecified atom stereocenters. The number of fused-ring (bicyclic) bond motifs is 1. The van der Waals surface area contributed by atoms with Crippen LogP contribution in [0.1, 0.15) is 21.6 Å². The molecule has 0 bridgehead atoms. The smallest absolute Gasteiger partial charge is 0.272 e. The molecule has 98 valence electrons. The second-order valence-corrected chi connectivity index (χ2v) is 5.11. The fraction of sp³-hybridized carbons (Fsp3) is 0.267. The number of hydrogen-bond donors (Lipinski definition) is 1. The predicted molar refractivity (Wildman–Crippen MR) is 75.0 cm³/mol. The summed E-state index contributed by atoms with van der Waals surface area (Å²) in [6.07, 6.45) is 1.87. The van der Waals surface area contributed by atoms with Gasteiger partial charge in [-0.3, -0.25) is 9.69 Å². The molecule has 0 saturated heterocycles. The van der Waals surface area contributed by atoms with Crippen LogP contribution < -0.4 is 5.32 Å². The topological polar surface area (TPSA) is 37.3 Å². The lowest BCUT2D eigenvalue weighted by atomic mass is 10.1. The lowest BCUT2D eigenvalue weighted by Gasteiger charge is -2.07. The molecule has 4 nitrogen and oxygen atoms in total. The van der Waals surface area contributed by atoms with Crippen LogP contribution in [0.4, 0.5) is 5.69 Å². The summed E-state index contributed by atoms with van der Waals surface area (Å²) >= 11 is 0. The Hall–Kier alpha value is -2.07. The van der Waals surface area contributed by atoms with Crippen molar-refractivity contribution in [2.45, 2.75) is 13.1 Å². The molecular weight excluding hydrogens is 238 g/mol. The number of hydrogen-bond acceptors (Lipinski definition) is 2. The Morgan fingerprint density at radius 1 is 1.16 bits per heavy atom. The van der Waals surface area contributed by atoms with Crippen LogP contribution in [-0.2, 0) is 20.1 Å². The highest BCUT2D eigenvalue weighted by Gasteiger charge is 2.16. The number of carbonyl (C=O) groups excluding carboxylic acids is 1. The van der Waals surface area contributed by atoms with E-state index in [9.17, 15) is 4.79 Å². The maximum Gasteiger partial charge on any atom is 0.272 e. The third-order valence-corrected chi connectivity index (χ3v) is 3.52. The summed E-state index contributed by atoms with van der Waals surface area (Å²) in [4.78, 5) is 14.4. The van der Waals surface area contributed by atoms with Gasteiger partial charge in [0.1, 0.15) is 5.69 Å². The number of carbonyl (C=O) groups is 1. The second-order valence-electron chi connectivity index (χ2n) is 5.11. The van der Waals surface area contributed by atoms with E-state index in [2.05, 4.69) is 29.4 Å². The molecule has 1 amide bonds. The molecule has 4 heteroatoms. The second kappa shape index (κ2) is 4.55. The van der Waals surface area contributed by atoms with Gasteiger partial charge in [-0.1, -0.05) is 6.07 Å². The number of nitrogens with one attached hydrogen (secondary N) is 1. The third-order valence-electron chi connectivity index (χ3n) is 3.52. The normalized spacial score (nSPS) is 14.4. The number of anilines is 1. The Bertz CT molecular complexity index is 630. The zero-order chi connectivity index (χ0) is 13.4. The molecule has 19 heavy (non-hydrogen) atoms. The molecule has 0 atom stereocenters. The van der Waals surface area contributed by atoms with E-state index in [1.54, 1.807) is 0 Å². The number of benzene rings is 1. The molecule has 1 aliphatic heterocycles. The number of nitrogens with zero attached hydrogens (tertiary/aromatic N) is 2. The Morgan fingerprint density at radius 2 is 1.95 bits per heavy atom. The van der Waals surface area contributed by atoms with Crippen molar-refractivity contribution in [3.05, 3.63) is 53.3 Å². The monoisotopic (exact) mass is 255 g/mol. The SMILES string of the molecule is CN1Cc2ccc(NC(=O)c3cccn3C)cc2C1. The zero-order valence-corrected chi connectivity index (χ0v) is 11.2. The quantitative estimate of drug-likeness (QED) is 0.893. The van der Waals surface area contributed by atoms with Crippen LogP contribution in [0.3, 0.4) is 0 Å². The van der Waals surface area contributed by atoms with Gasteiger partial charge in [-0.25, -0.2) is 0 Å². The number of rotatable bonds is 2. The first kappa shape index (κ1) is 12.0. The minimum absolute atomic E-state index is 0.0706. The maximum absolute atomic E-state index is 12.1. The number of aromatic nitrogens is 1. The molecule has 0 fully saturated rings. The minimum Gasteiger partial charge on any atom is -0.347 e. The molecule has 1 N–H and O–H groups in total. The molecule has 0 radical (unpaired) electrons. The molecular formula is C15H17N3O. The average molecular weight is 255 g/mol. The van der Waals surface area contributed by atoms with Crippen LogP contribution in [0.2, 0.25) is 0 Å². The summed E-state index contributed by atoms with van der Waals surface area (Å²) in [5, 5.41) is 2.95. The van der Waals surface area contributed by atoms with Gasteiger partial charge in [0.05, 0.1) is 0 Å². The van der Waals surface area contributed by atoms with Gasteiger partial charge in [-0.15, -0.1) is 0 Å². The number of aryl methyl sites for hydroxylation is 1. The predicted octanol–water partition coefficient (Wildman–Crippen LogP) is 2.22. The van der Waals surface area contributed by atoms with Crippen LogP contribution >= 0.6 is 0 Å². The Balaban J connectivity index is 1.80. The third kappa shape index (κ3) is 2.27. The summed E-state index contributed by atoms with van der Waals surface area (Å²) < 4.78 is 1.82. The highest BCUT2D eigenvalue weighted by molar-refractivity contribution is 6.03. The van der Waals surface area contributed by atoms with E-state index < -0.39 is 0 Å². The lowest BCUT2D eigenvalue weighted by molar-refractivity contribution is 0.101. The summed E-state index contributed by atoms with van der Waals surface area (Å²) in [5.74, 6) is -0.0706. The van der Waals surface area contributed by atoms with Gasteiger partial charge in [-0.2, -0.15) is 0 Å². The van der Waals surface area contributed by atoms with E-state index in [4.69, 9.17) is 0 Å². The molecule has 0 aliphatic carbocycles. The first-order valence-corrected chi connectivity index (χ1v) is 6.36. The molecule has 1 aromatic carbocycles. The standard InChI is InChI=1S/C15H17N3O/c1-17-9-11-5-6-13(8-12(11)10-17)16-15(19)14-4-3-7-18(14)2/h3-8H,9-10H2,1-2H3,(H,16,19). The van der Waals surface area contributed by atoms with Crippen LogP contribution in [-0.4, -0.2) is 22.4 Å². The van der Waals surface area contributed by atoms with Gasteiger partial charge in [-0.05, 0) is 42.4 Å². The first-order chi connectivity index (χ1) is 9.13. The van der Waals surface area contributed by atoms with Gasteiger partial charge in [0.2, 0.25) is 0 Å². The summed E-state index contributed by atoms with van der Waals surface area (Å²) in [5.41, 5.74) is 4.17. The summed E-state index contributed by atoms with van der Waals surface area (Å²) in [6, 6.07) is 9.82. The molecule has 0 saturated carbocycles. The van der Waals surface area contributed by atoms with Crippen LogP contribution in [0, 0.1) is 0 Å². The van der Waals surface area contributed by atoms with Crippen molar-refractivity contribution in [2.24, 2.45) is 7.05 Å². The molecule has 0 spiro atoms. The molecule has 1 aromatic heterocycles. The van der Waals surface area contributed by atoms with E-state index in [-0.39, 0.29) is 5.91 Å². The maximum atomic E-state index is 12.1. The van der Waals surface area contributed by atoms with Gasteiger partial charge in [0, 0.05) is 32.0 Å². The minimum atomic E-state index is -0.0706. The van der Waals surface area contributed by atoms with E-state index in [1.807, 2.05) is 36.0 Å². The summed E-state index contributed by atoms with van der Waals surface area (Å²) in [7, 11) is 3.97. The van der Waals surface area contributed by atoms with Crippen molar-refractivity contribution >= 4 is 11.6 Å². The van der Waals surface area contributed by atoms with Crippen LogP contribution in [0.15, 0.2) is 36.5 Å². The molecule has 3 rings (SSSR count). The van der Waals surface area contributed by atoms with Gasteiger partial charge in [0.15, 0.2) is 0 Å². The van der Waals surface area contributed by atoms with Crippen molar-refractivity contribution in [2.75, 3.05) is 12.4 Å². The highest BCUT2D eigenvalue weighted by atomic mass is 16.1. The van der Waals surface area contributed by atoms with E-state index in [0.29, 0.717) is 5.69 Å². The van der Waals surface area contributed by atoms with Gasteiger partial charge >= 0.3 is 0 Å².